The molecule has 2 nitrogen and oxygen atoms in total. The molecule has 0 radical (unpaired) electrons. The highest BCUT2D eigenvalue weighted by Crippen LogP contribution is 2.23. The predicted molar refractivity (Wildman–Crippen MR) is 66.6 cm³/mol. The Morgan fingerprint density at radius 3 is 2.50 bits per heavy atom. The van der Waals surface area contributed by atoms with E-state index in [0.29, 0.717) is 23.7 Å². The summed E-state index contributed by atoms with van der Waals surface area (Å²) >= 11 is 1.77. The number of ketones is 1. The quantitative estimate of drug-likeness (QED) is 0.575. The molecule has 0 saturated heterocycles. The van der Waals surface area contributed by atoms with Crippen molar-refractivity contribution in [3.63, 3.8) is 0 Å². The van der Waals surface area contributed by atoms with Crippen molar-refractivity contribution in [1.82, 2.24) is 0 Å². The van der Waals surface area contributed by atoms with Gasteiger partial charge in [0, 0.05) is 28.6 Å². The molecule has 1 aromatic carbocycles. The lowest BCUT2D eigenvalue weighted by atomic mass is 10.1. The van der Waals surface area contributed by atoms with Crippen LogP contribution in [-0.2, 0) is 0 Å². The van der Waals surface area contributed by atoms with Gasteiger partial charge in [-0.1, -0.05) is 26.0 Å². The third kappa shape index (κ3) is 4.08. The largest absolute Gasteiger partial charge is 0.294 e. The molecule has 0 unspecified atom stereocenters. The van der Waals surface area contributed by atoms with Gasteiger partial charge in [-0.25, -0.2) is 0 Å². The summed E-state index contributed by atoms with van der Waals surface area (Å²) in [6.45, 7) is 4.27. The molecule has 0 aliphatic heterocycles. The van der Waals surface area contributed by atoms with Crippen LogP contribution in [0.25, 0.3) is 0 Å². The van der Waals surface area contributed by atoms with Gasteiger partial charge in [0.25, 0.3) is 0 Å². The van der Waals surface area contributed by atoms with E-state index in [0.717, 1.165) is 0 Å². The molecule has 1 rings (SSSR count). The minimum atomic E-state index is 0.0441. The zero-order valence-corrected chi connectivity index (χ0v) is 10.4. The summed E-state index contributed by atoms with van der Waals surface area (Å²) in [6, 6.07) is 9.58. The van der Waals surface area contributed by atoms with E-state index in [2.05, 4.69) is 13.8 Å². The lowest BCUT2D eigenvalue weighted by Gasteiger charge is -2.05. The van der Waals surface area contributed by atoms with Crippen LogP contribution in [0.1, 0.15) is 37.0 Å². The lowest BCUT2D eigenvalue weighted by molar-refractivity contribution is 0.0984. The van der Waals surface area contributed by atoms with E-state index in [1.54, 1.807) is 11.8 Å². The molecule has 0 fully saturated rings. The molecular weight excluding hydrogens is 218 g/mol. The maximum absolute atomic E-state index is 11.6. The van der Waals surface area contributed by atoms with Gasteiger partial charge < -0.3 is 0 Å². The van der Waals surface area contributed by atoms with Gasteiger partial charge in [-0.3, -0.25) is 4.79 Å². The first-order valence-corrected chi connectivity index (χ1v) is 6.18. The van der Waals surface area contributed by atoms with Crippen molar-refractivity contribution in [3.8, 4) is 6.07 Å². The number of carbonyl (C=O) groups excluding carboxylic acids is 1. The summed E-state index contributed by atoms with van der Waals surface area (Å²) in [5.74, 6) is 0.0441. The molecule has 0 amide bonds. The number of thioether (sulfide) groups is 1. The average Bonchev–Trinajstić information content (AvgIpc) is 2.26. The molecule has 3 heteroatoms. The zero-order chi connectivity index (χ0) is 12.0. The van der Waals surface area contributed by atoms with Crippen molar-refractivity contribution in [1.29, 1.82) is 5.26 Å². The Balaban J connectivity index is 2.64. The third-order valence-corrected chi connectivity index (χ3v) is 3.03. The standard InChI is InChI=1S/C13H15NOS/c1-10(2)16-12-7-5-11(6-8-12)13(15)4-3-9-14/h5-8,10H,3-4H2,1-2H3. The first-order valence-electron chi connectivity index (χ1n) is 5.30. The molecule has 0 aliphatic carbocycles. The summed E-state index contributed by atoms with van der Waals surface area (Å²) in [7, 11) is 0. The molecule has 0 aromatic heterocycles. The summed E-state index contributed by atoms with van der Waals surface area (Å²) < 4.78 is 0. The minimum absolute atomic E-state index is 0.0441. The second-order valence-corrected chi connectivity index (χ2v) is 5.42. The monoisotopic (exact) mass is 233 g/mol. The number of benzene rings is 1. The van der Waals surface area contributed by atoms with E-state index < -0.39 is 0 Å². The Bertz CT molecular complexity index is 389. The van der Waals surface area contributed by atoms with Gasteiger partial charge in [0.15, 0.2) is 5.78 Å². The second-order valence-electron chi connectivity index (χ2n) is 3.77. The van der Waals surface area contributed by atoms with Gasteiger partial charge in [-0.15, -0.1) is 11.8 Å². The molecule has 16 heavy (non-hydrogen) atoms. The molecule has 84 valence electrons. The molecule has 0 N–H and O–H groups in total. The predicted octanol–water partition coefficient (Wildman–Crippen LogP) is 3.67. The van der Waals surface area contributed by atoms with Crippen LogP contribution in [0.5, 0.6) is 0 Å². The van der Waals surface area contributed by atoms with Gasteiger partial charge in [0.05, 0.1) is 6.07 Å². The number of nitrogens with zero attached hydrogens (tertiary/aromatic N) is 1. The highest BCUT2D eigenvalue weighted by atomic mass is 32.2. The van der Waals surface area contributed by atoms with Crippen molar-refractivity contribution in [2.75, 3.05) is 0 Å². The smallest absolute Gasteiger partial charge is 0.163 e. The number of nitriles is 1. The SMILES string of the molecule is CC(C)Sc1ccc(C(=O)CCC#N)cc1. The molecule has 0 atom stereocenters. The van der Waals surface area contributed by atoms with Gasteiger partial charge in [0.1, 0.15) is 0 Å². The summed E-state index contributed by atoms with van der Waals surface area (Å²) in [6.07, 6.45) is 0.606. The van der Waals surface area contributed by atoms with E-state index in [1.165, 1.54) is 4.90 Å². The fraction of sp³-hybridized carbons (Fsp3) is 0.385. The van der Waals surface area contributed by atoms with E-state index in [1.807, 2.05) is 30.3 Å². The molecule has 0 bridgehead atoms. The Morgan fingerprint density at radius 2 is 2.00 bits per heavy atom. The minimum Gasteiger partial charge on any atom is -0.294 e. The van der Waals surface area contributed by atoms with Crippen LogP contribution in [-0.4, -0.2) is 11.0 Å². The van der Waals surface area contributed by atoms with Crippen LogP contribution in [0.4, 0.5) is 0 Å². The van der Waals surface area contributed by atoms with Crippen molar-refractivity contribution in [2.45, 2.75) is 36.8 Å². The highest BCUT2D eigenvalue weighted by molar-refractivity contribution is 7.99. The summed E-state index contributed by atoms with van der Waals surface area (Å²) in [5.41, 5.74) is 0.698. The molecule has 0 aliphatic rings. The lowest BCUT2D eigenvalue weighted by Crippen LogP contribution is -1.98. The second kappa shape index (κ2) is 6.34. The highest BCUT2D eigenvalue weighted by Gasteiger charge is 2.05. The van der Waals surface area contributed by atoms with Crippen LogP contribution in [0.3, 0.4) is 0 Å². The molecule has 0 heterocycles. The topological polar surface area (TPSA) is 40.9 Å². The van der Waals surface area contributed by atoms with Gasteiger partial charge in [-0.05, 0) is 12.1 Å². The van der Waals surface area contributed by atoms with Crippen molar-refractivity contribution < 1.29 is 4.79 Å². The van der Waals surface area contributed by atoms with E-state index in [4.69, 9.17) is 5.26 Å². The average molecular weight is 233 g/mol. The third-order valence-electron chi connectivity index (χ3n) is 2.01. The van der Waals surface area contributed by atoms with Gasteiger partial charge in [0.2, 0.25) is 0 Å². The fourth-order valence-electron chi connectivity index (χ4n) is 1.31. The zero-order valence-electron chi connectivity index (χ0n) is 9.56. The Kier molecular flexibility index (Phi) is 5.07. The number of hydrogen-bond acceptors (Lipinski definition) is 3. The van der Waals surface area contributed by atoms with Gasteiger partial charge >= 0.3 is 0 Å². The van der Waals surface area contributed by atoms with Gasteiger partial charge in [-0.2, -0.15) is 5.26 Å². The van der Waals surface area contributed by atoms with Crippen LogP contribution >= 0.6 is 11.8 Å². The van der Waals surface area contributed by atoms with E-state index >= 15 is 0 Å². The molecule has 0 saturated carbocycles. The number of carbonyl (C=O) groups is 1. The van der Waals surface area contributed by atoms with Crippen molar-refractivity contribution in [3.05, 3.63) is 29.8 Å². The van der Waals surface area contributed by atoms with Crippen molar-refractivity contribution in [2.24, 2.45) is 0 Å². The van der Waals surface area contributed by atoms with Crippen LogP contribution in [0.2, 0.25) is 0 Å². The van der Waals surface area contributed by atoms with E-state index in [9.17, 15) is 4.79 Å². The van der Waals surface area contributed by atoms with Crippen LogP contribution in [0.15, 0.2) is 29.2 Å². The Labute approximate surface area is 101 Å². The maximum atomic E-state index is 11.6. The normalized spacial score (nSPS) is 10.1. The van der Waals surface area contributed by atoms with Crippen LogP contribution < -0.4 is 0 Å². The number of Topliss-reactive ketones (excluding diaryl/α,β-unsaturated/α-hetero) is 1. The van der Waals surface area contributed by atoms with E-state index in [-0.39, 0.29) is 5.78 Å². The summed E-state index contributed by atoms with van der Waals surface area (Å²) in [5, 5.41) is 8.94. The molecular formula is C13H15NOS. The maximum Gasteiger partial charge on any atom is 0.163 e. The Morgan fingerprint density at radius 1 is 1.38 bits per heavy atom. The van der Waals surface area contributed by atoms with Crippen LogP contribution in [0, 0.1) is 11.3 Å². The fourth-order valence-corrected chi connectivity index (χ4v) is 2.14. The Hall–Kier alpha value is -1.27. The first-order chi connectivity index (χ1) is 7.63. The first kappa shape index (κ1) is 12.8. The number of hydrogen-bond donors (Lipinski definition) is 0. The summed E-state index contributed by atoms with van der Waals surface area (Å²) in [4.78, 5) is 12.8. The van der Waals surface area contributed by atoms with Crippen molar-refractivity contribution >= 4 is 17.5 Å². The number of rotatable bonds is 5. The molecule has 0 spiro atoms. The molecule has 1 aromatic rings.